The summed E-state index contributed by atoms with van der Waals surface area (Å²) >= 11 is 0. The molecule has 2 heterocycles. The zero-order chi connectivity index (χ0) is 36.3. The number of fused-ring (bicyclic) bond motifs is 8. The van der Waals surface area contributed by atoms with E-state index in [4.69, 9.17) is 4.42 Å². The Morgan fingerprint density at radius 1 is 0.400 bits per heavy atom. The lowest BCUT2D eigenvalue weighted by molar-refractivity contribution is 0.673. The largest absolute Gasteiger partial charge is 0.455 e. The molecule has 0 atom stereocenters. The lowest BCUT2D eigenvalue weighted by Gasteiger charge is -2.28. The smallest absolute Gasteiger partial charge is 0.143 e. The third-order valence-corrected chi connectivity index (χ3v) is 11.0. The van der Waals surface area contributed by atoms with E-state index in [-0.39, 0.29) is 0 Å². The van der Waals surface area contributed by atoms with Crippen LogP contribution in [-0.4, -0.2) is 4.57 Å². The number of aromatic nitrogens is 1. The zero-order valence-electron chi connectivity index (χ0n) is 29.9. The first-order valence-corrected chi connectivity index (χ1v) is 18.8. The van der Waals surface area contributed by atoms with E-state index < -0.39 is 0 Å². The number of hydrogen-bond acceptors (Lipinski definition) is 2. The van der Waals surface area contributed by atoms with Crippen molar-refractivity contribution in [2.45, 2.75) is 0 Å². The average molecular weight is 703 g/mol. The third kappa shape index (κ3) is 5.05. The van der Waals surface area contributed by atoms with Gasteiger partial charge in [-0.2, -0.15) is 0 Å². The monoisotopic (exact) mass is 702 g/mol. The molecule has 55 heavy (non-hydrogen) atoms. The molecule has 11 aromatic rings. The first kappa shape index (κ1) is 31.2. The predicted molar refractivity (Wildman–Crippen MR) is 231 cm³/mol. The Morgan fingerprint density at radius 3 is 1.84 bits per heavy atom. The minimum atomic E-state index is 0.890. The van der Waals surface area contributed by atoms with Crippen LogP contribution in [0.5, 0.6) is 0 Å². The van der Waals surface area contributed by atoms with Gasteiger partial charge in [0, 0.05) is 49.6 Å². The van der Waals surface area contributed by atoms with Crippen molar-refractivity contribution in [3.8, 4) is 27.9 Å². The van der Waals surface area contributed by atoms with Gasteiger partial charge in [0.05, 0.1) is 16.7 Å². The molecule has 0 unspecified atom stereocenters. The van der Waals surface area contributed by atoms with Gasteiger partial charge in [-0.1, -0.05) is 140 Å². The van der Waals surface area contributed by atoms with Crippen LogP contribution in [0.3, 0.4) is 0 Å². The van der Waals surface area contributed by atoms with Gasteiger partial charge in [0.25, 0.3) is 0 Å². The highest BCUT2D eigenvalue weighted by molar-refractivity contribution is 6.19. The Labute approximate surface area is 318 Å². The van der Waals surface area contributed by atoms with E-state index in [1.807, 2.05) is 0 Å². The topological polar surface area (TPSA) is 21.3 Å². The second kappa shape index (κ2) is 12.6. The normalized spacial score (nSPS) is 11.6. The molecule has 0 saturated heterocycles. The summed E-state index contributed by atoms with van der Waals surface area (Å²) in [5.74, 6) is 0. The second-order valence-electron chi connectivity index (χ2n) is 14.1. The summed E-state index contributed by atoms with van der Waals surface area (Å²) in [6.45, 7) is 0. The summed E-state index contributed by atoms with van der Waals surface area (Å²) in [5, 5.41) is 7.07. The van der Waals surface area contributed by atoms with Gasteiger partial charge in [-0.3, -0.25) is 0 Å². The molecule has 0 radical (unpaired) electrons. The Kier molecular flexibility index (Phi) is 7.17. The van der Waals surface area contributed by atoms with Gasteiger partial charge in [-0.05, 0) is 88.8 Å². The van der Waals surface area contributed by atoms with Crippen molar-refractivity contribution in [2.24, 2.45) is 0 Å². The molecular formula is C52H34N2O. The standard InChI is InChI=1S/C52H34N2O/c1-2-14-35(15-3-1)41-19-6-9-24-47(41)53(38-29-31-39(32-30-38)54-48-25-10-7-21-44(48)45-22-8-11-26-49(45)54)40-18-12-17-37(34-40)42-23-13-27-50-51(42)46-33-28-36-16-4-5-20-43(36)52(46)55-50/h1-34H. The molecule has 258 valence electrons. The summed E-state index contributed by atoms with van der Waals surface area (Å²) in [6.07, 6.45) is 0. The second-order valence-corrected chi connectivity index (χ2v) is 14.1. The van der Waals surface area contributed by atoms with E-state index >= 15 is 0 Å². The van der Waals surface area contributed by atoms with E-state index in [0.717, 1.165) is 66.8 Å². The lowest BCUT2D eigenvalue weighted by atomic mass is 9.97. The number of para-hydroxylation sites is 3. The van der Waals surface area contributed by atoms with Crippen LogP contribution in [0.15, 0.2) is 211 Å². The van der Waals surface area contributed by atoms with E-state index in [0.29, 0.717) is 0 Å². The number of furan rings is 1. The van der Waals surface area contributed by atoms with Crippen LogP contribution in [0, 0.1) is 0 Å². The number of anilines is 3. The van der Waals surface area contributed by atoms with Gasteiger partial charge in [0.2, 0.25) is 0 Å². The Bertz CT molecular complexity index is 3150. The lowest BCUT2D eigenvalue weighted by Crippen LogP contribution is -2.11. The highest BCUT2D eigenvalue weighted by Crippen LogP contribution is 2.44. The van der Waals surface area contributed by atoms with Crippen molar-refractivity contribution in [3.05, 3.63) is 206 Å². The summed E-state index contributed by atoms with van der Waals surface area (Å²) < 4.78 is 8.96. The molecule has 0 saturated carbocycles. The Hall–Kier alpha value is -7.36. The molecule has 0 aliphatic carbocycles. The first-order chi connectivity index (χ1) is 27.3. The molecule has 0 aliphatic heterocycles. The first-order valence-electron chi connectivity index (χ1n) is 18.8. The fourth-order valence-electron chi connectivity index (χ4n) is 8.52. The summed E-state index contributed by atoms with van der Waals surface area (Å²) in [6, 6.07) is 73.9. The van der Waals surface area contributed by atoms with Crippen molar-refractivity contribution >= 4 is 71.6 Å². The maximum absolute atomic E-state index is 6.59. The SMILES string of the molecule is c1ccc(-c2ccccc2N(c2ccc(-n3c4ccccc4c4ccccc43)cc2)c2cccc(-c3cccc4oc5c6ccccc6ccc5c34)c2)cc1. The van der Waals surface area contributed by atoms with Crippen LogP contribution in [-0.2, 0) is 0 Å². The maximum Gasteiger partial charge on any atom is 0.143 e. The van der Waals surface area contributed by atoms with Gasteiger partial charge >= 0.3 is 0 Å². The van der Waals surface area contributed by atoms with Crippen LogP contribution in [0.4, 0.5) is 17.1 Å². The maximum atomic E-state index is 6.59. The fourth-order valence-corrected chi connectivity index (χ4v) is 8.52. The molecule has 0 fully saturated rings. The van der Waals surface area contributed by atoms with Gasteiger partial charge in [0.1, 0.15) is 11.2 Å². The molecular weight excluding hydrogens is 669 g/mol. The number of benzene rings is 9. The van der Waals surface area contributed by atoms with Crippen LogP contribution in [0.2, 0.25) is 0 Å². The van der Waals surface area contributed by atoms with Crippen molar-refractivity contribution in [1.29, 1.82) is 0 Å². The molecule has 0 aliphatic rings. The Morgan fingerprint density at radius 2 is 1.04 bits per heavy atom. The quantitative estimate of drug-likeness (QED) is 0.172. The molecule has 0 bridgehead atoms. The van der Waals surface area contributed by atoms with Gasteiger partial charge < -0.3 is 13.9 Å². The number of hydrogen-bond donors (Lipinski definition) is 0. The molecule has 2 aromatic heterocycles. The number of rotatable bonds is 6. The van der Waals surface area contributed by atoms with Crippen LogP contribution in [0.25, 0.3) is 82.5 Å². The highest BCUT2D eigenvalue weighted by atomic mass is 16.3. The van der Waals surface area contributed by atoms with Crippen LogP contribution >= 0.6 is 0 Å². The molecule has 0 spiro atoms. The van der Waals surface area contributed by atoms with Crippen LogP contribution in [0.1, 0.15) is 0 Å². The summed E-state index contributed by atoms with van der Waals surface area (Å²) in [5.41, 5.74) is 13.2. The van der Waals surface area contributed by atoms with E-state index in [9.17, 15) is 0 Å². The molecule has 3 heteroatoms. The fraction of sp³-hybridized carbons (Fsp3) is 0. The van der Waals surface area contributed by atoms with Crippen molar-refractivity contribution in [1.82, 2.24) is 4.57 Å². The van der Waals surface area contributed by atoms with E-state index in [1.165, 1.54) is 32.8 Å². The highest BCUT2D eigenvalue weighted by Gasteiger charge is 2.20. The predicted octanol–water partition coefficient (Wildman–Crippen LogP) is 14.6. The molecule has 9 aromatic carbocycles. The van der Waals surface area contributed by atoms with Gasteiger partial charge in [-0.25, -0.2) is 0 Å². The molecule has 11 rings (SSSR count). The number of nitrogens with zero attached hydrogens (tertiary/aromatic N) is 2. The van der Waals surface area contributed by atoms with E-state index in [1.54, 1.807) is 0 Å². The summed E-state index contributed by atoms with van der Waals surface area (Å²) in [4.78, 5) is 2.39. The van der Waals surface area contributed by atoms with Gasteiger partial charge in [0.15, 0.2) is 0 Å². The zero-order valence-corrected chi connectivity index (χ0v) is 29.9. The van der Waals surface area contributed by atoms with E-state index in [2.05, 4.69) is 216 Å². The Balaban J connectivity index is 1.10. The minimum absolute atomic E-state index is 0.890. The van der Waals surface area contributed by atoms with Gasteiger partial charge in [-0.15, -0.1) is 0 Å². The minimum Gasteiger partial charge on any atom is -0.455 e. The molecule has 0 N–H and O–H groups in total. The molecule has 0 amide bonds. The van der Waals surface area contributed by atoms with Crippen molar-refractivity contribution in [2.75, 3.05) is 4.90 Å². The summed E-state index contributed by atoms with van der Waals surface area (Å²) in [7, 11) is 0. The van der Waals surface area contributed by atoms with Crippen molar-refractivity contribution < 1.29 is 4.42 Å². The molecule has 3 nitrogen and oxygen atoms in total. The third-order valence-electron chi connectivity index (χ3n) is 11.0. The van der Waals surface area contributed by atoms with Crippen molar-refractivity contribution in [3.63, 3.8) is 0 Å². The average Bonchev–Trinajstić information content (AvgIpc) is 3.81. The van der Waals surface area contributed by atoms with Crippen LogP contribution < -0.4 is 4.90 Å².